The van der Waals surface area contributed by atoms with Gasteiger partial charge in [0, 0.05) is 11.8 Å². The molecule has 6 saturated carbocycles. The van der Waals surface area contributed by atoms with Crippen LogP contribution < -0.4 is 18.9 Å². The van der Waals surface area contributed by atoms with Crippen LogP contribution in [0.1, 0.15) is 158 Å². The Morgan fingerprint density at radius 1 is 0.754 bits per heavy atom. The van der Waals surface area contributed by atoms with Crippen LogP contribution in [0.2, 0.25) is 0 Å². The largest absolute Gasteiger partial charge is 1.00 e. The van der Waals surface area contributed by atoms with Crippen molar-refractivity contribution in [2.24, 2.45) is 74.4 Å². The fourth-order valence-corrected chi connectivity index (χ4v) is 15.0. The van der Waals surface area contributed by atoms with Crippen LogP contribution in [0.25, 0.3) is 0 Å². The van der Waals surface area contributed by atoms with Crippen molar-refractivity contribution < 1.29 is 43.4 Å². The van der Waals surface area contributed by atoms with Gasteiger partial charge in [0.2, 0.25) is 0 Å². The number of aliphatic hydroxyl groups excluding tert-OH is 1. The molecule has 15 atom stereocenters. The van der Waals surface area contributed by atoms with Crippen LogP contribution in [-0.4, -0.2) is 39.8 Å². The summed E-state index contributed by atoms with van der Waals surface area (Å²) in [7, 11) is 0. The van der Waals surface area contributed by atoms with Crippen LogP contribution in [0.5, 0.6) is 0 Å². The maximum Gasteiger partial charge on any atom is 1.00 e. The van der Waals surface area contributed by atoms with E-state index in [0.717, 1.165) is 89.9 Å². The number of fused-ring (bicyclic) bond motifs is 10. The molecule has 0 aromatic heterocycles. The van der Waals surface area contributed by atoms with Crippen molar-refractivity contribution in [2.45, 2.75) is 176 Å². The van der Waals surface area contributed by atoms with E-state index in [-0.39, 0.29) is 66.1 Å². The summed E-state index contributed by atoms with van der Waals surface area (Å²) in [4.78, 5) is 25.2. The second kappa shape index (κ2) is 16.5. The average Bonchev–Trinajstić information content (AvgIpc) is 3.56. The van der Waals surface area contributed by atoms with Crippen molar-refractivity contribution >= 4 is 11.8 Å². The van der Waals surface area contributed by atoms with Crippen molar-refractivity contribution in [3.8, 4) is 0 Å². The van der Waals surface area contributed by atoms with E-state index >= 15 is 0 Å². The summed E-state index contributed by atoms with van der Waals surface area (Å²) in [6.45, 7) is 25.5. The summed E-state index contributed by atoms with van der Waals surface area (Å²) < 4.78 is 5.90. The number of hydrogen-bond donors (Lipinski definition) is 2. The molecule has 0 aliphatic heterocycles. The van der Waals surface area contributed by atoms with E-state index < -0.39 is 11.0 Å². The fourth-order valence-electron chi connectivity index (χ4n) is 15.0. The molecule has 0 radical (unpaired) electrons. The zero-order valence-corrected chi connectivity index (χ0v) is 37.9. The molecule has 8 aliphatic carbocycles. The first-order chi connectivity index (χ1) is 25.7. The third-order valence-electron chi connectivity index (χ3n) is 18.6. The molecule has 6 fully saturated rings. The Morgan fingerprint density at radius 2 is 1.25 bits per heavy atom. The van der Waals surface area contributed by atoms with Crippen molar-refractivity contribution in [1.82, 2.24) is 0 Å². The van der Waals surface area contributed by atoms with Gasteiger partial charge in [0.25, 0.3) is 0 Å². The zero-order chi connectivity index (χ0) is 39.9. The molecule has 0 aromatic carbocycles. The molecule has 0 heterocycles. The van der Waals surface area contributed by atoms with Crippen molar-refractivity contribution in [1.29, 1.82) is 0 Å². The second-order valence-corrected chi connectivity index (χ2v) is 22.3. The summed E-state index contributed by atoms with van der Waals surface area (Å²) in [6, 6.07) is 0. The van der Waals surface area contributed by atoms with Gasteiger partial charge < -0.3 is 22.4 Å². The number of Topliss-reactive ketones (excluding diaryl/α,β-unsaturated/α-hetero) is 1. The number of aliphatic hydroxyl groups is 2. The Hall–Kier alpha value is -1.38. The van der Waals surface area contributed by atoms with Gasteiger partial charge in [-0.2, -0.15) is 0 Å². The third kappa shape index (κ3) is 7.65. The molecule has 0 bridgehead atoms. The summed E-state index contributed by atoms with van der Waals surface area (Å²) in [5.74, 6) is 5.40. The van der Waals surface area contributed by atoms with Gasteiger partial charge in [-0.05, 0) is 194 Å². The summed E-state index contributed by atoms with van der Waals surface area (Å²) in [5.41, 5.74) is 2.45. The normalized spacial score (nSPS) is 46.8. The summed E-state index contributed by atoms with van der Waals surface area (Å²) in [6.07, 6.45) is 25.2. The van der Waals surface area contributed by atoms with E-state index in [1.807, 2.05) is 20.8 Å². The molecule has 314 valence electrons. The number of esters is 1. The van der Waals surface area contributed by atoms with Crippen LogP contribution >= 0.6 is 0 Å². The molecule has 0 aromatic rings. The molecule has 2 N–H and O–H groups in total. The monoisotopic (exact) mass is 779 g/mol. The Labute approximate surface area is 360 Å². The topological polar surface area (TPSA) is 83.8 Å². The molecule has 0 saturated heterocycles. The molecule has 0 spiro atoms. The predicted octanol–water partition coefficient (Wildman–Crippen LogP) is 8.60. The molecule has 0 amide bonds. The molecule has 6 unspecified atom stereocenters. The van der Waals surface area contributed by atoms with Crippen LogP contribution in [-0.2, 0) is 14.3 Å². The number of rotatable bonds is 5. The number of carbonyl (C=O) groups excluding carboxylic acids is 2. The minimum absolute atomic E-state index is 0. The fraction of sp³-hybridized carbons (Fsp3) is 0.784. The van der Waals surface area contributed by atoms with Crippen LogP contribution in [0.15, 0.2) is 48.6 Å². The average molecular weight is 779 g/mol. The quantitative estimate of drug-likeness (QED) is 0.127. The minimum Gasteiger partial charge on any atom is -0.458 e. The Bertz CT molecular complexity index is 1600. The zero-order valence-electron chi connectivity index (χ0n) is 37.9. The molecule has 5 nitrogen and oxygen atoms in total. The van der Waals surface area contributed by atoms with Crippen LogP contribution in [0.3, 0.4) is 0 Å². The van der Waals surface area contributed by atoms with Crippen LogP contribution in [0, 0.1) is 81.8 Å². The van der Waals surface area contributed by atoms with E-state index in [1.54, 1.807) is 0 Å². The Kier molecular flexibility index (Phi) is 13.5. The van der Waals surface area contributed by atoms with Gasteiger partial charge in [-0.1, -0.05) is 57.1 Å². The van der Waals surface area contributed by atoms with E-state index in [1.165, 1.54) is 24.0 Å². The van der Waals surface area contributed by atoms with Gasteiger partial charge >= 0.3 is 24.8 Å². The van der Waals surface area contributed by atoms with Crippen molar-refractivity contribution in [3.05, 3.63) is 56.0 Å². The first-order valence-electron chi connectivity index (χ1n) is 22.5. The molecule has 8 rings (SSSR count). The maximum absolute atomic E-state index is 12.8. The van der Waals surface area contributed by atoms with Crippen molar-refractivity contribution in [3.63, 3.8) is 0 Å². The van der Waals surface area contributed by atoms with Gasteiger partial charge in [0.05, 0.1) is 17.1 Å². The molecular formula is C51H79LiO5. The summed E-state index contributed by atoms with van der Waals surface area (Å²) in [5, 5.41) is 21.3. The Balaban J connectivity index is 0.000000213. The smallest absolute Gasteiger partial charge is 0.458 e. The van der Waals surface area contributed by atoms with Gasteiger partial charge in [-0.15, -0.1) is 13.2 Å². The number of ketones is 1. The van der Waals surface area contributed by atoms with E-state index in [4.69, 9.17) is 4.74 Å². The first kappa shape index (κ1) is 46.7. The standard InChI is InChI=1S/C27H40O3.C23H36O2.CH3.Li/c1-7-8-17-15-18-16-19(30-24(29)25(2,3)4)11-13-26(18,5)21-12-14-27(6)20(23(17)21)9-10-22(27)28;1-5-6-15-13-16-14-17(24)7-10-21(16,2)18-8-11-22(3)19(20(15)18)9-12-23(22,4)25;;/h7,16-17,19-21,23H,1,8-15H2,2-6H3;5,14-15,17-20,24-25H,1,6-13H2,2-4H3;1H3;/q;;-1;+1/t17-,19+,20?,21?,23?,26+,27+;15-,17+,18?,19?,20?,21+,22+,23+;;/m11../s1. The van der Waals surface area contributed by atoms with Gasteiger partial charge in [-0.25, -0.2) is 0 Å². The number of carbonyl (C=O) groups is 2. The molecular weight excluding hydrogens is 699 g/mol. The summed E-state index contributed by atoms with van der Waals surface area (Å²) >= 11 is 0. The van der Waals surface area contributed by atoms with E-state index in [0.29, 0.717) is 53.1 Å². The maximum atomic E-state index is 12.8. The van der Waals surface area contributed by atoms with Gasteiger partial charge in [-0.3, -0.25) is 9.59 Å². The molecule has 57 heavy (non-hydrogen) atoms. The minimum atomic E-state index is -0.513. The number of hydrogen-bond acceptors (Lipinski definition) is 5. The molecule has 8 aliphatic rings. The second-order valence-electron chi connectivity index (χ2n) is 22.3. The van der Waals surface area contributed by atoms with E-state index in [2.05, 4.69) is 72.1 Å². The predicted molar refractivity (Wildman–Crippen MR) is 228 cm³/mol. The molecule has 6 heteroatoms. The van der Waals surface area contributed by atoms with Crippen molar-refractivity contribution in [2.75, 3.05) is 0 Å². The third-order valence-corrected chi connectivity index (χ3v) is 18.6. The van der Waals surface area contributed by atoms with E-state index in [9.17, 15) is 19.8 Å². The number of ether oxygens (including phenoxy) is 1. The van der Waals surface area contributed by atoms with Crippen LogP contribution in [0.4, 0.5) is 0 Å². The van der Waals surface area contributed by atoms with Gasteiger partial charge in [0.1, 0.15) is 11.9 Å². The number of allylic oxidation sites excluding steroid dienone is 4. The van der Waals surface area contributed by atoms with Gasteiger partial charge in [0.15, 0.2) is 0 Å². The SMILES string of the molecule is C=CC[C@@H]1CC2=C[C@@H](O)CC[C@]2(C)C2CC[C@@]3(C)C(CC[C@]3(C)O)C21.C=CC[C@@H]1CC2=C[C@@H](OC(=O)C(C)(C)C)CC[C@]2(C)C2CC[C@]3(C)C(=O)CCC3C21.[CH3-].[Li+]. The first-order valence-corrected chi connectivity index (χ1v) is 22.5. The Morgan fingerprint density at radius 3 is 1.82 bits per heavy atom.